The number of rotatable bonds is 7. The first-order chi connectivity index (χ1) is 9.44. The summed E-state index contributed by atoms with van der Waals surface area (Å²) in [5.41, 5.74) is 7.06. The zero-order valence-corrected chi connectivity index (χ0v) is 13.2. The van der Waals surface area contributed by atoms with Crippen LogP contribution in [0.15, 0.2) is 18.2 Å². The fraction of sp³-hybridized carbons (Fsp3) is 0.625. The average molecular weight is 282 g/mol. The molecule has 1 rings (SSSR count). The van der Waals surface area contributed by atoms with Gasteiger partial charge in [0.25, 0.3) is 0 Å². The first kappa shape index (κ1) is 16.9. The van der Waals surface area contributed by atoms with Gasteiger partial charge in [-0.05, 0) is 44.1 Å². The molecule has 2 atom stereocenters. The third kappa shape index (κ3) is 3.13. The van der Waals surface area contributed by atoms with Crippen molar-refractivity contribution in [2.24, 2.45) is 5.73 Å². The maximum absolute atomic E-state index is 13.9. The van der Waals surface area contributed by atoms with Gasteiger partial charge in [-0.25, -0.2) is 4.39 Å². The van der Waals surface area contributed by atoms with Crippen molar-refractivity contribution in [2.75, 3.05) is 20.2 Å². The van der Waals surface area contributed by atoms with Gasteiger partial charge >= 0.3 is 0 Å². The standard InChI is InChI=1S/C16H27FN2O/c1-6-16(4,19(7-2)8-3)15(18)12-9-10-14(20-5)13(17)11-12/h9-11,15H,6-8,18H2,1-5H3. The lowest BCUT2D eigenvalue weighted by Crippen LogP contribution is -2.53. The Labute approximate surface area is 121 Å². The molecule has 1 aromatic rings. The highest BCUT2D eigenvalue weighted by molar-refractivity contribution is 5.32. The van der Waals surface area contributed by atoms with Gasteiger partial charge in [0.15, 0.2) is 11.6 Å². The highest BCUT2D eigenvalue weighted by atomic mass is 19.1. The van der Waals surface area contributed by atoms with E-state index in [0.29, 0.717) is 0 Å². The van der Waals surface area contributed by atoms with E-state index in [2.05, 4.69) is 32.6 Å². The molecular weight excluding hydrogens is 255 g/mol. The van der Waals surface area contributed by atoms with Crippen molar-refractivity contribution in [3.63, 3.8) is 0 Å². The number of benzene rings is 1. The van der Waals surface area contributed by atoms with Crippen LogP contribution < -0.4 is 10.5 Å². The minimum absolute atomic E-state index is 0.190. The summed E-state index contributed by atoms with van der Waals surface area (Å²) >= 11 is 0. The van der Waals surface area contributed by atoms with Gasteiger partial charge in [-0.3, -0.25) is 4.90 Å². The minimum Gasteiger partial charge on any atom is -0.494 e. The fourth-order valence-corrected chi connectivity index (χ4v) is 2.82. The van der Waals surface area contributed by atoms with Gasteiger partial charge in [-0.15, -0.1) is 0 Å². The Kier molecular flexibility index (Phi) is 5.96. The fourth-order valence-electron chi connectivity index (χ4n) is 2.82. The highest BCUT2D eigenvalue weighted by Gasteiger charge is 2.35. The molecule has 0 spiro atoms. The molecule has 0 fully saturated rings. The molecule has 0 aromatic heterocycles. The Morgan fingerprint density at radius 2 is 1.90 bits per heavy atom. The van der Waals surface area contributed by atoms with Crippen LogP contribution in [-0.2, 0) is 0 Å². The number of nitrogens with zero attached hydrogens (tertiary/aromatic N) is 1. The van der Waals surface area contributed by atoms with Gasteiger partial charge < -0.3 is 10.5 Å². The van der Waals surface area contributed by atoms with E-state index < -0.39 is 0 Å². The lowest BCUT2D eigenvalue weighted by atomic mass is 9.83. The Morgan fingerprint density at radius 3 is 2.30 bits per heavy atom. The second-order valence-electron chi connectivity index (χ2n) is 5.25. The number of nitrogens with two attached hydrogens (primary N) is 1. The summed E-state index contributed by atoms with van der Waals surface area (Å²) in [6, 6.07) is 4.74. The maximum atomic E-state index is 13.9. The van der Waals surface area contributed by atoms with Crippen LogP contribution in [0.2, 0.25) is 0 Å². The summed E-state index contributed by atoms with van der Waals surface area (Å²) in [6.07, 6.45) is 0.906. The van der Waals surface area contributed by atoms with Gasteiger partial charge in [0, 0.05) is 11.6 Å². The molecule has 114 valence electrons. The van der Waals surface area contributed by atoms with Crippen LogP contribution in [0.1, 0.15) is 45.7 Å². The van der Waals surface area contributed by atoms with Crippen LogP contribution in [0.25, 0.3) is 0 Å². The van der Waals surface area contributed by atoms with Gasteiger partial charge in [0.1, 0.15) is 0 Å². The van der Waals surface area contributed by atoms with E-state index >= 15 is 0 Å². The first-order valence-corrected chi connectivity index (χ1v) is 7.28. The summed E-state index contributed by atoms with van der Waals surface area (Å²) in [5.74, 6) is -0.111. The summed E-state index contributed by atoms with van der Waals surface area (Å²) in [7, 11) is 1.46. The molecule has 0 aliphatic carbocycles. The monoisotopic (exact) mass is 282 g/mol. The number of hydrogen-bond donors (Lipinski definition) is 1. The van der Waals surface area contributed by atoms with E-state index in [9.17, 15) is 4.39 Å². The topological polar surface area (TPSA) is 38.5 Å². The van der Waals surface area contributed by atoms with Crippen molar-refractivity contribution in [1.82, 2.24) is 4.90 Å². The molecule has 0 saturated heterocycles. The van der Waals surface area contributed by atoms with Crippen LogP contribution in [0.3, 0.4) is 0 Å². The first-order valence-electron chi connectivity index (χ1n) is 7.28. The van der Waals surface area contributed by atoms with E-state index in [4.69, 9.17) is 10.5 Å². The number of methoxy groups -OCH3 is 1. The average Bonchev–Trinajstić information content (AvgIpc) is 2.47. The van der Waals surface area contributed by atoms with E-state index in [1.807, 2.05) is 6.07 Å². The normalized spacial score (nSPS) is 16.0. The Bertz CT molecular complexity index is 434. The number of ether oxygens (including phenoxy) is 1. The lowest BCUT2D eigenvalue weighted by Gasteiger charge is -2.44. The molecule has 2 N–H and O–H groups in total. The smallest absolute Gasteiger partial charge is 0.165 e. The highest BCUT2D eigenvalue weighted by Crippen LogP contribution is 2.33. The van der Waals surface area contributed by atoms with Crippen LogP contribution in [-0.4, -0.2) is 30.6 Å². The summed E-state index contributed by atoms with van der Waals surface area (Å²) in [6.45, 7) is 10.4. The van der Waals surface area contributed by atoms with Gasteiger partial charge in [0.2, 0.25) is 0 Å². The largest absolute Gasteiger partial charge is 0.494 e. The lowest BCUT2D eigenvalue weighted by molar-refractivity contribution is 0.0843. The van der Waals surface area contributed by atoms with E-state index in [1.165, 1.54) is 13.2 Å². The second-order valence-corrected chi connectivity index (χ2v) is 5.25. The minimum atomic E-state index is -0.363. The zero-order valence-electron chi connectivity index (χ0n) is 13.2. The van der Waals surface area contributed by atoms with E-state index in [1.54, 1.807) is 6.07 Å². The van der Waals surface area contributed by atoms with Crippen molar-refractivity contribution in [3.8, 4) is 5.75 Å². The number of likely N-dealkylation sites (N-methyl/N-ethyl adjacent to an activating group) is 1. The second kappa shape index (κ2) is 7.04. The quantitative estimate of drug-likeness (QED) is 0.833. The molecule has 0 heterocycles. The molecule has 0 aliphatic heterocycles. The van der Waals surface area contributed by atoms with E-state index in [0.717, 1.165) is 25.1 Å². The number of hydrogen-bond acceptors (Lipinski definition) is 3. The molecule has 0 aliphatic rings. The predicted molar refractivity (Wildman–Crippen MR) is 81.5 cm³/mol. The Balaban J connectivity index is 3.13. The van der Waals surface area contributed by atoms with Gasteiger partial charge in [-0.2, -0.15) is 0 Å². The van der Waals surface area contributed by atoms with Crippen molar-refractivity contribution >= 4 is 0 Å². The van der Waals surface area contributed by atoms with Crippen LogP contribution in [0, 0.1) is 5.82 Å². The van der Waals surface area contributed by atoms with Crippen molar-refractivity contribution < 1.29 is 9.13 Å². The zero-order chi connectivity index (χ0) is 15.3. The van der Waals surface area contributed by atoms with E-state index in [-0.39, 0.29) is 23.1 Å². The summed E-state index contributed by atoms with van der Waals surface area (Å²) < 4.78 is 18.8. The number of halogens is 1. The Morgan fingerprint density at radius 1 is 1.30 bits per heavy atom. The molecule has 0 radical (unpaired) electrons. The molecule has 0 saturated carbocycles. The van der Waals surface area contributed by atoms with Crippen molar-refractivity contribution in [3.05, 3.63) is 29.6 Å². The summed E-state index contributed by atoms with van der Waals surface area (Å²) in [5, 5.41) is 0. The third-order valence-corrected chi connectivity index (χ3v) is 4.41. The molecule has 0 bridgehead atoms. The van der Waals surface area contributed by atoms with Crippen molar-refractivity contribution in [1.29, 1.82) is 0 Å². The molecule has 4 heteroatoms. The molecular formula is C16H27FN2O. The van der Waals surface area contributed by atoms with Crippen LogP contribution in [0.4, 0.5) is 4.39 Å². The molecule has 3 nitrogen and oxygen atoms in total. The van der Waals surface area contributed by atoms with Crippen LogP contribution in [0.5, 0.6) is 5.75 Å². The maximum Gasteiger partial charge on any atom is 0.165 e. The third-order valence-electron chi connectivity index (χ3n) is 4.41. The SMILES string of the molecule is CCN(CC)C(C)(CC)C(N)c1ccc(OC)c(F)c1. The van der Waals surface area contributed by atoms with Gasteiger partial charge in [0.05, 0.1) is 7.11 Å². The molecule has 1 aromatic carbocycles. The van der Waals surface area contributed by atoms with Crippen LogP contribution >= 0.6 is 0 Å². The molecule has 2 unspecified atom stereocenters. The van der Waals surface area contributed by atoms with Gasteiger partial charge in [-0.1, -0.05) is 26.8 Å². The Hall–Kier alpha value is -1.13. The molecule has 0 amide bonds. The van der Waals surface area contributed by atoms with Crippen molar-refractivity contribution in [2.45, 2.75) is 45.7 Å². The summed E-state index contributed by atoms with van der Waals surface area (Å²) in [4.78, 5) is 2.33. The predicted octanol–water partition coefficient (Wildman–Crippen LogP) is 3.34. The molecule has 20 heavy (non-hydrogen) atoms.